The van der Waals surface area contributed by atoms with Crippen molar-refractivity contribution >= 4 is 33.9 Å². The number of non-ortho nitro benzene ring substituents is 1. The number of carbonyl (C=O) groups is 1. The lowest BCUT2D eigenvalue weighted by Gasteiger charge is -2.04. The van der Waals surface area contributed by atoms with Gasteiger partial charge in [-0.1, -0.05) is 11.3 Å². The van der Waals surface area contributed by atoms with E-state index in [1.54, 1.807) is 7.11 Å². The lowest BCUT2D eigenvalue weighted by molar-refractivity contribution is -0.384. The number of urea groups is 1. The Hall–Kier alpha value is -2.59. The van der Waals surface area contributed by atoms with Crippen LogP contribution in [0.25, 0.3) is 0 Å². The average molecular weight is 323 g/mol. The second kappa shape index (κ2) is 7.43. The molecule has 0 atom stereocenters. The molecular weight excluding hydrogens is 310 g/mol. The number of ether oxygens (including phenoxy) is 1. The Morgan fingerprint density at radius 1 is 1.32 bits per heavy atom. The normalized spacial score (nSPS) is 10.2. The van der Waals surface area contributed by atoms with Crippen LogP contribution in [0.3, 0.4) is 0 Å². The summed E-state index contributed by atoms with van der Waals surface area (Å²) in [5.41, 5.74) is 0.394. The fourth-order valence-corrected chi connectivity index (χ4v) is 2.24. The lowest BCUT2D eigenvalue weighted by atomic mass is 10.3. The molecule has 0 unspecified atom stereocenters. The van der Waals surface area contributed by atoms with Crippen LogP contribution in [0, 0.1) is 10.1 Å². The minimum absolute atomic E-state index is 0.0436. The summed E-state index contributed by atoms with van der Waals surface area (Å²) in [5.74, 6) is 0. The fourth-order valence-electron chi connectivity index (χ4n) is 1.52. The third kappa shape index (κ3) is 4.46. The van der Waals surface area contributed by atoms with Gasteiger partial charge < -0.3 is 10.1 Å². The molecule has 0 aliphatic carbocycles. The van der Waals surface area contributed by atoms with E-state index in [2.05, 4.69) is 20.8 Å². The second-order valence-electron chi connectivity index (χ2n) is 4.13. The highest BCUT2D eigenvalue weighted by Gasteiger charge is 2.09. The zero-order chi connectivity index (χ0) is 15.9. The maximum Gasteiger partial charge on any atom is 0.325 e. The minimum atomic E-state index is -0.507. The number of nitro groups is 1. The SMILES string of the molecule is COCCc1nnc(NC(=O)Nc2ccc([N+](=O)[O-])cc2)s1. The number of benzene rings is 1. The predicted molar refractivity (Wildman–Crippen MR) is 81.2 cm³/mol. The van der Waals surface area contributed by atoms with Crippen LogP contribution < -0.4 is 10.6 Å². The number of amides is 2. The van der Waals surface area contributed by atoms with E-state index in [4.69, 9.17) is 4.74 Å². The van der Waals surface area contributed by atoms with Crippen LogP contribution in [0.2, 0.25) is 0 Å². The zero-order valence-electron chi connectivity index (χ0n) is 11.6. The van der Waals surface area contributed by atoms with Crippen LogP contribution in [0.1, 0.15) is 5.01 Å². The number of nitro benzene ring substituents is 1. The number of methoxy groups -OCH3 is 1. The average Bonchev–Trinajstić information content (AvgIpc) is 2.93. The molecule has 1 heterocycles. The van der Waals surface area contributed by atoms with Crippen molar-refractivity contribution in [2.24, 2.45) is 0 Å². The summed E-state index contributed by atoms with van der Waals surface area (Å²) in [6, 6.07) is 5.01. The van der Waals surface area contributed by atoms with Crippen molar-refractivity contribution in [3.63, 3.8) is 0 Å². The number of nitrogens with zero attached hydrogens (tertiary/aromatic N) is 3. The van der Waals surface area contributed by atoms with Crippen LogP contribution in [-0.2, 0) is 11.2 Å². The van der Waals surface area contributed by atoms with E-state index in [9.17, 15) is 14.9 Å². The van der Waals surface area contributed by atoms with Crippen LogP contribution in [0.15, 0.2) is 24.3 Å². The number of nitrogens with one attached hydrogen (secondary N) is 2. The van der Waals surface area contributed by atoms with Gasteiger partial charge in [-0.05, 0) is 12.1 Å². The minimum Gasteiger partial charge on any atom is -0.384 e. The maximum atomic E-state index is 11.8. The molecule has 1 aromatic heterocycles. The van der Waals surface area contributed by atoms with Gasteiger partial charge in [0.25, 0.3) is 5.69 Å². The molecular formula is C12H13N5O4S. The topological polar surface area (TPSA) is 119 Å². The highest BCUT2D eigenvalue weighted by molar-refractivity contribution is 7.15. The molecule has 2 aromatic rings. The highest BCUT2D eigenvalue weighted by atomic mass is 32.1. The van der Waals surface area contributed by atoms with E-state index >= 15 is 0 Å². The van der Waals surface area contributed by atoms with E-state index in [0.29, 0.717) is 23.8 Å². The molecule has 2 N–H and O–H groups in total. The standard InChI is InChI=1S/C12H13N5O4S/c1-21-7-6-10-15-16-12(22-10)14-11(18)13-8-2-4-9(5-3-8)17(19)20/h2-5H,6-7H2,1H3,(H2,13,14,16,18). The van der Waals surface area contributed by atoms with Crippen molar-refractivity contribution in [3.05, 3.63) is 39.4 Å². The van der Waals surface area contributed by atoms with Gasteiger partial charge in [0.1, 0.15) is 5.01 Å². The maximum absolute atomic E-state index is 11.8. The molecule has 0 bridgehead atoms. The summed E-state index contributed by atoms with van der Waals surface area (Å²) in [6.45, 7) is 0.531. The van der Waals surface area contributed by atoms with Gasteiger partial charge in [0, 0.05) is 31.4 Å². The third-order valence-corrected chi connectivity index (χ3v) is 3.44. The summed E-state index contributed by atoms with van der Waals surface area (Å²) >= 11 is 1.25. The van der Waals surface area contributed by atoms with Crippen molar-refractivity contribution in [1.82, 2.24) is 10.2 Å². The van der Waals surface area contributed by atoms with Gasteiger partial charge in [0.2, 0.25) is 5.13 Å². The third-order valence-electron chi connectivity index (χ3n) is 2.54. The van der Waals surface area contributed by atoms with E-state index in [0.717, 1.165) is 5.01 Å². The summed E-state index contributed by atoms with van der Waals surface area (Å²) in [7, 11) is 1.60. The van der Waals surface area contributed by atoms with Crippen LogP contribution in [0.4, 0.5) is 21.3 Å². The first-order valence-electron chi connectivity index (χ1n) is 6.22. The summed E-state index contributed by atoms with van der Waals surface area (Å²) in [4.78, 5) is 21.8. The van der Waals surface area contributed by atoms with Gasteiger partial charge in [-0.15, -0.1) is 10.2 Å². The highest BCUT2D eigenvalue weighted by Crippen LogP contribution is 2.18. The summed E-state index contributed by atoms with van der Waals surface area (Å²) < 4.78 is 4.93. The first kappa shape index (κ1) is 15.8. The van der Waals surface area contributed by atoms with Crippen LogP contribution in [-0.4, -0.2) is 34.9 Å². The predicted octanol–water partition coefficient (Wildman–Crippen LogP) is 2.28. The largest absolute Gasteiger partial charge is 0.384 e. The Balaban J connectivity index is 1.89. The Morgan fingerprint density at radius 2 is 2.05 bits per heavy atom. The van der Waals surface area contributed by atoms with Crippen LogP contribution >= 0.6 is 11.3 Å². The molecule has 22 heavy (non-hydrogen) atoms. The number of rotatable bonds is 6. The Kier molecular flexibility index (Phi) is 5.33. The van der Waals surface area contributed by atoms with Crippen molar-refractivity contribution in [2.75, 3.05) is 24.4 Å². The molecule has 0 saturated heterocycles. The summed E-state index contributed by atoms with van der Waals surface area (Å²) in [5, 5.41) is 24.5. The lowest BCUT2D eigenvalue weighted by Crippen LogP contribution is -2.19. The van der Waals surface area contributed by atoms with Crippen molar-refractivity contribution < 1.29 is 14.5 Å². The van der Waals surface area contributed by atoms with Gasteiger partial charge in [0.15, 0.2) is 0 Å². The van der Waals surface area contributed by atoms with E-state index in [1.807, 2.05) is 0 Å². The fraction of sp³-hybridized carbons (Fsp3) is 0.250. The number of hydrogen-bond donors (Lipinski definition) is 2. The van der Waals surface area contributed by atoms with Crippen LogP contribution in [0.5, 0.6) is 0 Å². The summed E-state index contributed by atoms with van der Waals surface area (Å²) in [6.07, 6.45) is 0.625. The van der Waals surface area contributed by atoms with E-state index < -0.39 is 11.0 Å². The molecule has 116 valence electrons. The molecule has 10 heteroatoms. The molecule has 2 amide bonds. The number of aromatic nitrogens is 2. The molecule has 0 radical (unpaired) electrons. The van der Waals surface area contributed by atoms with Gasteiger partial charge >= 0.3 is 6.03 Å². The Labute approximate surface area is 129 Å². The molecule has 0 aliphatic rings. The number of hydrogen-bond acceptors (Lipinski definition) is 7. The quantitative estimate of drug-likeness (QED) is 0.621. The van der Waals surface area contributed by atoms with E-state index in [-0.39, 0.29) is 5.69 Å². The van der Waals surface area contributed by atoms with Gasteiger partial charge in [0.05, 0.1) is 11.5 Å². The van der Waals surface area contributed by atoms with Crippen molar-refractivity contribution in [1.29, 1.82) is 0 Å². The number of anilines is 2. The first-order chi connectivity index (χ1) is 10.6. The molecule has 0 spiro atoms. The smallest absolute Gasteiger partial charge is 0.325 e. The Morgan fingerprint density at radius 3 is 2.68 bits per heavy atom. The van der Waals surface area contributed by atoms with Gasteiger partial charge in [-0.2, -0.15) is 0 Å². The zero-order valence-corrected chi connectivity index (χ0v) is 12.4. The van der Waals surface area contributed by atoms with Gasteiger partial charge in [-0.25, -0.2) is 4.79 Å². The molecule has 9 nitrogen and oxygen atoms in total. The second-order valence-corrected chi connectivity index (χ2v) is 5.19. The van der Waals surface area contributed by atoms with Crippen molar-refractivity contribution in [3.8, 4) is 0 Å². The van der Waals surface area contributed by atoms with Gasteiger partial charge in [-0.3, -0.25) is 15.4 Å². The molecule has 1 aromatic carbocycles. The van der Waals surface area contributed by atoms with E-state index in [1.165, 1.54) is 35.6 Å². The molecule has 2 rings (SSSR count). The number of carbonyl (C=O) groups excluding carboxylic acids is 1. The first-order valence-corrected chi connectivity index (χ1v) is 7.04. The monoisotopic (exact) mass is 323 g/mol. The Bertz CT molecular complexity index is 658. The molecule has 0 saturated carbocycles. The molecule has 0 fully saturated rings. The molecule has 0 aliphatic heterocycles. The van der Waals surface area contributed by atoms with Crippen molar-refractivity contribution in [2.45, 2.75) is 6.42 Å².